The van der Waals surface area contributed by atoms with E-state index in [9.17, 15) is 4.79 Å². The molecule has 1 atom stereocenters. The van der Waals surface area contributed by atoms with Crippen molar-refractivity contribution in [2.24, 2.45) is 0 Å². The Morgan fingerprint density at radius 2 is 1.22 bits per heavy atom. The van der Waals surface area contributed by atoms with E-state index in [-0.39, 0.29) is 11.4 Å². The summed E-state index contributed by atoms with van der Waals surface area (Å²) in [6.45, 7) is 23.6. The van der Waals surface area contributed by atoms with E-state index in [1.54, 1.807) is 7.11 Å². The fraction of sp³-hybridized carbons (Fsp3) is 0.649. The van der Waals surface area contributed by atoms with Gasteiger partial charge in [0, 0.05) is 107 Å². The lowest BCUT2D eigenvalue weighted by molar-refractivity contribution is -0.0147. The SMILES string of the molecule is C1CNCCN1.C1COCCN1.CC(C)(C(=O)c1ccc(N2CCNCC2)cc1)N1CCOCC1.COC1(c2ccc(Cl)cc2)OC1(C)C. The standard InChI is InChI=1S/C18H27N3O2.C11H13ClO2.C4H10N2.C4H9NO/c1-18(2,21-11-13-23-14-12-21)17(22)15-3-5-16(6-4-15)20-9-7-19-8-10-20;1-10(2)11(13-3,14-10)8-4-6-9(12)7-5-8;1-2-6-4-3-5-1;1-3-6-4-2-5-1/h3-6,19H,7-14H2,1-2H3;4-7H,1-3H3;5-6H,1-4H2;5H,1-4H2. The third-order valence-electron chi connectivity index (χ3n) is 9.43. The number of methoxy groups -OCH3 is 1. The highest BCUT2D eigenvalue weighted by molar-refractivity contribution is 6.30. The van der Waals surface area contributed by atoms with Crippen LogP contribution in [0.15, 0.2) is 48.5 Å². The maximum atomic E-state index is 12.9. The fourth-order valence-electron chi connectivity index (χ4n) is 6.30. The normalized spacial score (nSPS) is 23.8. The first-order valence-corrected chi connectivity index (χ1v) is 18.1. The molecule has 49 heavy (non-hydrogen) atoms. The Morgan fingerprint density at radius 3 is 1.65 bits per heavy atom. The molecule has 0 bridgehead atoms. The quantitative estimate of drug-likeness (QED) is 0.263. The summed E-state index contributed by atoms with van der Waals surface area (Å²) in [6, 6.07) is 15.7. The topological polar surface area (TPSA) is 112 Å². The van der Waals surface area contributed by atoms with Crippen molar-refractivity contribution < 1.29 is 23.7 Å². The van der Waals surface area contributed by atoms with Gasteiger partial charge < -0.3 is 45.1 Å². The van der Waals surface area contributed by atoms with E-state index in [0.29, 0.717) is 13.2 Å². The number of epoxide rings is 1. The number of rotatable bonds is 6. The second-order valence-electron chi connectivity index (χ2n) is 13.6. The van der Waals surface area contributed by atoms with Crippen LogP contribution in [0, 0.1) is 0 Å². The summed E-state index contributed by atoms with van der Waals surface area (Å²) < 4.78 is 21.4. The second-order valence-corrected chi connectivity index (χ2v) is 14.0. The molecule has 0 spiro atoms. The van der Waals surface area contributed by atoms with Gasteiger partial charge >= 0.3 is 0 Å². The molecule has 274 valence electrons. The van der Waals surface area contributed by atoms with Gasteiger partial charge in [0.05, 0.1) is 32.0 Å². The summed E-state index contributed by atoms with van der Waals surface area (Å²) in [5.41, 5.74) is 2.26. The number of hydrogen-bond donors (Lipinski definition) is 4. The number of benzene rings is 2. The number of ketones is 1. The van der Waals surface area contributed by atoms with Crippen LogP contribution in [0.4, 0.5) is 5.69 Å². The Balaban J connectivity index is 0.000000174. The summed E-state index contributed by atoms with van der Waals surface area (Å²) in [7, 11) is 1.66. The number of hydrogen-bond acceptors (Lipinski definition) is 11. The first-order valence-electron chi connectivity index (χ1n) is 17.8. The predicted molar refractivity (Wildman–Crippen MR) is 197 cm³/mol. The van der Waals surface area contributed by atoms with E-state index in [2.05, 4.69) is 43.2 Å². The summed E-state index contributed by atoms with van der Waals surface area (Å²) in [6.07, 6.45) is 0. The number of ether oxygens (including phenoxy) is 4. The number of nitrogens with one attached hydrogen (secondary N) is 4. The molecule has 11 nitrogen and oxygen atoms in total. The summed E-state index contributed by atoms with van der Waals surface area (Å²) in [5, 5.41) is 13.7. The molecule has 0 aliphatic carbocycles. The molecule has 12 heteroatoms. The van der Waals surface area contributed by atoms with Gasteiger partial charge in [-0.1, -0.05) is 23.7 Å². The summed E-state index contributed by atoms with van der Waals surface area (Å²) in [5.74, 6) is -0.399. The molecule has 5 fully saturated rings. The lowest BCUT2D eigenvalue weighted by atomic mass is 9.90. The number of nitrogens with zero attached hydrogens (tertiary/aromatic N) is 2. The molecule has 5 heterocycles. The maximum absolute atomic E-state index is 12.9. The zero-order chi connectivity index (χ0) is 35.2. The van der Waals surface area contributed by atoms with Gasteiger partial charge in [0.25, 0.3) is 0 Å². The van der Waals surface area contributed by atoms with Gasteiger partial charge in [-0.25, -0.2) is 0 Å². The zero-order valence-corrected chi connectivity index (χ0v) is 31.0. The van der Waals surface area contributed by atoms with Crippen molar-refractivity contribution >= 4 is 23.1 Å². The van der Waals surface area contributed by atoms with Crippen molar-refractivity contribution in [2.45, 2.75) is 44.6 Å². The molecular formula is C37H59ClN6O5. The van der Waals surface area contributed by atoms with Crippen molar-refractivity contribution in [3.63, 3.8) is 0 Å². The smallest absolute Gasteiger partial charge is 0.225 e. The Kier molecular flexibility index (Phi) is 15.7. The Bertz CT molecular complexity index is 1210. The van der Waals surface area contributed by atoms with Gasteiger partial charge in [0.1, 0.15) is 5.60 Å². The highest BCUT2D eigenvalue weighted by atomic mass is 35.5. The van der Waals surface area contributed by atoms with Gasteiger partial charge in [0.15, 0.2) is 5.78 Å². The highest BCUT2D eigenvalue weighted by Crippen LogP contribution is 2.55. The van der Waals surface area contributed by atoms with Crippen molar-refractivity contribution in [3.8, 4) is 0 Å². The Hall–Kier alpha value is -2.16. The van der Waals surface area contributed by atoms with E-state index in [1.807, 2.05) is 64.1 Å². The van der Waals surface area contributed by atoms with Crippen LogP contribution in [0.5, 0.6) is 0 Å². The molecule has 5 aliphatic rings. The number of halogens is 1. The minimum Gasteiger partial charge on any atom is -0.379 e. The average Bonchev–Trinajstić information content (AvgIpc) is 3.76. The van der Waals surface area contributed by atoms with Crippen LogP contribution >= 0.6 is 11.6 Å². The Labute approximate surface area is 298 Å². The molecule has 4 N–H and O–H groups in total. The first-order chi connectivity index (χ1) is 23.6. The van der Waals surface area contributed by atoms with Crippen molar-refractivity contribution in [2.75, 3.05) is 117 Å². The van der Waals surface area contributed by atoms with Crippen molar-refractivity contribution in [1.82, 2.24) is 26.2 Å². The van der Waals surface area contributed by atoms with E-state index < -0.39 is 11.3 Å². The van der Waals surface area contributed by atoms with Crippen LogP contribution in [0.3, 0.4) is 0 Å². The number of Topliss-reactive ketones (excluding diaryl/α,β-unsaturated/α-hetero) is 1. The molecule has 2 aromatic rings. The van der Waals surface area contributed by atoms with Crippen molar-refractivity contribution in [3.05, 3.63) is 64.7 Å². The molecule has 0 saturated carbocycles. The monoisotopic (exact) mass is 702 g/mol. The summed E-state index contributed by atoms with van der Waals surface area (Å²) in [4.78, 5) is 17.5. The third kappa shape index (κ3) is 11.4. The van der Waals surface area contributed by atoms with Crippen molar-refractivity contribution in [1.29, 1.82) is 0 Å². The van der Waals surface area contributed by atoms with Crippen LogP contribution in [0.2, 0.25) is 5.02 Å². The van der Waals surface area contributed by atoms with E-state index >= 15 is 0 Å². The third-order valence-corrected chi connectivity index (χ3v) is 9.69. The van der Waals surface area contributed by atoms with Crippen LogP contribution in [-0.2, 0) is 24.7 Å². The van der Waals surface area contributed by atoms with E-state index in [0.717, 1.165) is 108 Å². The molecule has 0 amide bonds. The van der Waals surface area contributed by atoms with Gasteiger partial charge in [-0.05, 0) is 64.1 Å². The molecule has 7 rings (SSSR count). The van der Waals surface area contributed by atoms with Gasteiger partial charge in [-0.3, -0.25) is 9.69 Å². The minimum atomic E-state index is -0.586. The number of morpholine rings is 2. The average molecular weight is 703 g/mol. The molecule has 0 aromatic heterocycles. The molecule has 1 unspecified atom stereocenters. The number of carbonyl (C=O) groups excluding carboxylic acids is 1. The number of anilines is 1. The lowest BCUT2D eigenvalue weighted by Gasteiger charge is -2.39. The maximum Gasteiger partial charge on any atom is 0.225 e. The zero-order valence-electron chi connectivity index (χ0n) is 30.2. The van der Waals surface area contributed by atoms with Gasteiger partial charge in [-0.2, -0.15) is 0 Å². The lowest BCUT2D eigenvalue weighted by Crippen LogP contribution is -2.54. The molecule has 5 aliphatic heterocycles. The minimum absolute atomic E-state index is 0.186. The first kappa shape index (κ1) is 39.6. The van der Waals surface area contributed by atoms with Crippen LogP contribution < -0.4 is 26.2 Å². The fourth-order valence-corrected chi connectivity index (χ4v) is 6.43. The molecule has 2 aromatic carbocycles. The van der Waals surface area contributed by atoms with E-state index in [1.165, 1.54) is 5.69 Å². The van der Waals surface area contributed by atoms with Crippen LogP contribution in [0.1, 0.15) is 43.6 Å². The summed E-state index contributed by atoms with van der Waals surface area (Å²) >= 11 is 5.81. The largest absolute Gasteiger partial charge is 0.379 e. The highest BCUT2D eigenvalue weighted by Gasteiger charge is 2.66. The van der Waals surface area contributed by atoms with E-state index in [4.69, 9.17) is 30.5 Å². The van der Waals surface area contributed by atoms with Gasteiger partial charge in [-0.15, -0.1) is 0 Å². The van der Waals surface area contributed by atoms with Gasteiger partial charge in [0.2, 0.25) is 5.79 Å². The van der Waals surface area contributed by atoms with Crippen LogP contribution in [-0.4, -0.2) is 134 Å². The molecular weight excluding hydrogens is 644 g/mol. The second kappa shape index (κ2) is 19.4. The molecule has 0 radical (unpaired) electrons. The number of carbonyl (C=O) groups is 1. The predicted octanol–water partition coefficient (Wildman–Crippen LogP) is 3.12. The Morgan fingerprint density at radius 1 is 0.735 bits per heavy atom. The number of piperazine rings is 2. The molecule has 5 saturated heterocycles. The van der Waals surface area contributed by atoms with Crippen LogP contribution in [0.25, 0.3) is 0 Å².